The van der Waals surface area contributed by atoms with Gasteiger partial charge in [-0.1, -0.05) is 12.8 Å². The monoisotopic (exact) mass is 267 g/mol. The predicted octanol–water partition coefficient (Wildman–Crippen LogP) is 2.14. The number of nitrogens with two attached hydrogens (primary N) is 1. The maximum Gasteiger partial charge on any atom is 0.433 e. The number of nitrogens with zero attached hydrogens (tertiary/aromatic N) is 2. The molecule has 1 aromatic rings. The molecule has 2 rings (SSSR count). The summed E-state index contributed by atoms with van der Waals surface area (Å²) in [5.41, 5.74) is 5.83. The molecule has 0 aliphatic heterocycles. The fourth-order valence-electron chi connectivity index (χ4n) is 2.96. The van der Waals surface area contributed by atoms with Crippen LogP contribution >= 0.6 is 0 Å². The van der Waals surface area contributed by atoms with Crippen LogP contribution in [-0.4, -0.2) is 29.5 Å². The lowest BCUT2D eigenvalue weighted by molar-refractivity contribution is -0.402. The Bertz CT molecular complexity index is 433. The van der Waals surface area contributed by atoms with Crippen LogP contribution in [0.1, 0.15) is 31.4 Å². The first kappa shape index (κ1) is 14.0. The molecule has 19 heavy (non-hydrogen) atoms. The third-order valence-electron chi connectivity index (χ3n) is 3.97. The zero-order valence-corrected chi connectivity index (χ0v) is 11.2. The van der Waals surface area contributed by atoms with Gasteiger partial charge in [0.2, 0.25) is 0 Å². The van der Waals surface area contributed by atoms with Crippen LogP contribution in [-0.2, 0) is 6.54 Å². The molecule has 0 aromatic carbocycles. The van der Waals surface area contributed by atoms with Gasteiger partial charge >= 0.3 is 5.88 Å². The summed E-state index contributed by atoms with van der Waals surface area (Å²) in [6, 6.07) is 3.53. The van der Waals surface area contributed by atoms with Crippen molar-refractivity contribution < 1.29 is 9.34 Å². The van der Waals surface area contributed by atoms with Crippen molar-refractivity contribution in [1.82, 2.24) is 4.90 Å². The molecular formula is C13H21N3O3. The molecule has 1 aliphatic carbocycles. The van der Waals surface area contributed by atoms with Crippen molar-refractivity contribution >= 4 is 5.88 Å². The Morgan fingerprint density at radius 3 is 2.84 bits per heavy atom. The number of hydrogen-bond acceptors (Lipinski definition) is 5. The minimum atomic E-state index is -0.507. The minimum absolute atomic E-state index is 0.192. The first-order valence-corrected chi connectivity index (χ1v) is 6.75. The second-order valence-electron chi connectivity index (χ2n) is 5.26. The van der Waals surface area contributed by atoms with Gasteiger partial charge in [-0.2, -0.15) is 0 Å². The van der Waals surface area contributed by atoms with E-state index in [0.717, 1.165) is 6.42 Å². The summed E-state index contributed by atoms with van der Waals surface area (Å²) in [6.07, 6.45) is 4.78. The van der Waals surface area contributed by atoms with Crippen molar-refractivity contribution in [3.63, 3.8) is 0 Å². The summed E-state index contributed by atoms with van der Waals surface area (Å²) >= 11 is 0. The van der Waals surface area contributed by atoms with Crippen LogP contribution in [0, 0.1) is 16.0 Å². The maximum atomic E-state index is 10.6. The Morgan fingerprint density at radius 2 is 2.21 bits per heavy atom. The van der Waals surface area contributed by atoms with E-state index in [1.807, 2.05) is 7.05 Å². The van der Waals surface area contributed by atoms with E-state index in [0.29, 0.717) is 30.8 Å². The molecular weight excluding hydrogens is 246 g/mol. The molecule has 1 aromatic heterocycles. The first-order valence-electron chi connectivity index (χ1n) is 6.75. The molecule has 1 heterocycles. The van der Waals surface area contributed by atoms with E-state index in [9.17, 15) is 10.1 Å². The van der Waals surface area contributed by atoms with Crippen molar-refractivity contribution in [2.75, 3.05) is 13.6 Å². The Morgan fingerprint density at radius 1 is 1.47 bits per heavy atom. The van der Waals surface area contributed by atoms with Gasteiger partial charge in [0.25, 0.3) is 0 Å². The summed E-state index contributed by atoms with van der Waals surface area (Å²) in [5, 5.41) is 10.6. The fraction of sp³-hybridized carbons (Fsp3) is 0.692. The third kappa shape index (κ3) is 3.33. The summed E-state index contributed by atoms with van der Waals surface area (Å²) in [5.74, 6) is 0.960. The summed E-state index contributed by atoms with van der Waals surface area (Å²) in [4.78, 5) is 12.3. The largest absolute Gasteiger partial charge is 0.433 e. The molecule has 1 saturated carbocycles. The van der Waals surface area contributed by atoms with Gasteiger partial charge in [0.05, 0.1) is 12.6 Å². The van der Waals surface area contributed by atoms with Gasteiger partial charge in [0, 0.05) is 6.04 Å². The van der Waals surface area contributed by atoms with Crippen LogP contribution in [0.4, 0.5) is 5.88 Å². The molecule has 0 spiro atoms. The Balaban J connectivity index is 1.98. The van der Waals surface area contributed by atoms with E-state index in [-0.39, 0.29) is 5.88 Å². The van der Waals surface area contributed by atoms with Crippen LogP contribution in [0.2, 0.25) is 0 Å². The molecule has 6 nitrogen and oxygen atoms in total. The topological polar surface area (TPSA) is 85.5 Å². The predicted molar refractivity (Wildman–Crippen MR) is 71.6 cm³/mol. The second kappa shape index (κ2) is 6.16. The van der Waals surface area contributed by atoms with Crippen LogP contribution in [0.3, 0.4) is 0 Å². The number of furan rings is 1. The molecule has 106 valence electrons. The highest BCUT2D eigenvalue weighted by Crippen LogP contribution is 2.28. The van der Waals surface area contributed by atoms with Gasteiger partial charge in [-0.25, -0.2) is 0 Å². The van der Waals surface area contributed by atoms with E-state index < -0.39 is 4.92 Å². The number of rotatable bonds is 5. The zero-order chi connectivity index (χ0) is 13.8. The van der Waals surface area contributed by atoms with Crippen molar-refractivity contribution in [2.24, 2.45) is 11.7 Å². The molecule has 0 saturated heterocycles. The number of hydrogen-bond donors (Lipinski definition) is 1. The Labute approximate surface area is 112 Å². The van der Waals surface area contributed by atoms with Gasteiger partial charge in [0.1, 0.15) is 10.7 Å². The van der Waals surface area contributed by atoms with E-state index in [2.05, 4.69) is 4.90 Å². The average Bonchev–Trinajstić information content (AvgIpc) is 2.87. The van der Waals surface area contributed by atoms with E-state index in [1.165, 1.54) is 25.3 Å². The smallest absolute Gasteiger partial charge is 0.404 e. The average molecular weight is 267 g/mol. The highest BCUT2D eigenvalue weighted by molar-refractivity contribution is 5.17. The highest BCUT2D eigenvalue weighted by Gasteiger charge is 2.28. The van der Waals surface area contributed by atoms with Crippen LogP contribution in [0.5, 0.6) is 0 Å². The first-order chi connectivity index (χ1) is 9.11. The van der Waals surface area contributed by atoms with Gasteiger partial charge in [0.15, 0.2) is 0 Å². The third-order valence-corrected chi connectivity index (χ3v) is 3.97. The van der Waals surface area contributed by atoms with E-state index in [4.69, 9.17) is 10.2 Å². The summed E-state index contributed by atoms with van der Waals surface area (Å²) in [7, 11) is 2.03. The lowest BCUT2D eigenvalue weighted by atomic mass is 9.83. The van der Waals surface area contributed by atoms with Crippen molar-refractivity contribution in [3.8, 4) is 0 Å². The lowest BCUT2D eigenvalue weighted by Crippen LogP contribution is -2.42. The van der Waals surface area contributed by atoms with Crippen molar-refractivity contribution in [1.29, 1.82) is 0 Å². The second-order valence-corrected chi connectivity index (χ2v) is 5.26. The molecule has 0 radical (unpaired) electrons. The molecule has 2 atom stereocenters. The zero-order valence-electron chi connectivity index (χ0n) is 11.2. The highest BCUT2D eigenvalue weighted by atomic mass is 16.6. The summed E-state index contributed by atoms with van der Waals surface area (Å²) in [6.45, 7) is 1.29. The molecule has 0 bridgehead atoms. The maximum absolute atomic E-state index is 10.6. The van der Waals surface area contributed by atoms with E-state index >= 15 is 0 Å². The molecule has 1 fully saturated rings. The van der Waals surface area contributed by atoms with Gasteiger partial charge in [-0.3, -0.25) is 15.0 Å². The normalized spacial score (nSPS) is 23.7. The van der Waals surface area contributed by atoms with Crippen molar-refractivity contribution in [3.05, 3.63) is 28.0 Å². The Hall–Kier alpha value is -1.40. The summed E-state index contributed by atoms with van der Waals surface area (Å²) < 4.78 is 5.20. The van der Waals surface area contributed by atoms with Gasteiger partial charge in [-0.05, 0) is 38.4 Å². The van der Waals surface area contributed by atoms with Crippen LogP contribution in [0.25, 0.3) is 0 Å². The molecule has 1 aliphatic rings. The van der Waals surface area contributed by atoms with Crippen molar-refractivity contribution in [2.45, 2.75) is 38.3 Å². The molecule has 2 unspecified atom stereocenters. The van der Waals surface area contributed by atoms with Crippen LogP contribution in [0.15, 0.2) is 16.5 Å². The molecule has 0 amide bonds. The lowest BCUT2D eigenvalue weighted by Gasteiger charge is -2.37. The Kier molecular flexibility index (Phi) is 4.55. The number of nitro groups is 1. The van der Waals surface area contributed by atoms with Gasteiger partial charge in [-0.15, -0.1) is 0 Å². The quantitative estimate of drug-likeness (QED) is 0.652. The van der Waals surface area contributed by atoms with Gasteiger partial charge < -0.3 is 10.2 Å². The fourth-order valence-corrected chi connectivity index (χ4v) is 2.96. The minimum Gasteiger partial charge on any atom is -0.404 e. The molecule has 6 heteroatoms. The standard InChI is InChI=1S/C13H21N3O3/c1-15(12-5-3-2-4-10(12)8-14)9-11-6-7-13(19-11)16(17)18/h6-7,10,12H,2-5,8-9,14H2,1H3. The van der Waals surface area contributed by atoms with E-state index in [1.54, 1.807) is 6.07 Å². The van der Waals surface area contributed by atoms with Crippen LogP contribution < -0.4 is 5.73 Å². The SMILES string of the molecule is CN(Cc1ccc([N+](=O)[O-])o1)C1CCCCC1CN. The molecule has 2 N–H and O–H groups in total.